The average Bonchev–Trinajstić information content (AvgIpc) is 2.88. The topological polar surface area (TPSA) is 92.0 Å². The number of hydrogen-bond donors (Lipinski definition) is 2. The van der Waals surface area contributed by atoms with Gasteiger partial charge in [-0.15, -0.1) is 0 Å². The summed E-state index contributed by atoms with van der Waals surface area (Å²) in [6.45, 7) is 0.232. The van der Waals surface area contributed by atoms with Crippen molar-refractivity contribution in [1.82, 2.24) is 0 Å². The predicted molar refractivity (Wildman–Crippen MR) is 70.7 cm³/mol. The van der Waals surface area contributed by atoms with Gasteiger partial charge in [-0.1, -0.05) is 11.6 Å². The number of carbonyl (C=O) groups excluding carboxylic acids is 1. The van der Waals surface area contributed by atoms with E-state index < -0.39 is 5.91 Å². The molecule has 0 bridgehead atoms. The Morgan fingerprint density at radius 3 is 2.79 bits per heavy atom. The van der Waals surface area contributed by atoms with Crippen LogP contribution >= 0.6 is 11.6 Å². The minimum absolute atomic E-state index is 0.168. The molecule has 0 atom stereocenters. The van der Waals surface area contributed by atoms with Crippen molar-refractivity contribution in [2.24, 2.45) is 5.73 Å². The van der Waals surface area contributed by atoms with E-state index in [1.165, 1.54) is 12.1 Å². The van der Waals surface area contributed by atoms with Crippen molar-refractivity contribution in [2.45, 2.75) is 6.54 Å². The highest BCUT2D eigenvalue weighted by Crippen LogP contribution is 2.21. The number of rotatable bonds is 3. The van der Waals surface area contributed by atoms with Crippen LogP contribution in [-0.4, -0.2) is 5.91 Å². The lowest BCUT2D eigenvalue weighted by Crippen LogP contribution is -2.11. The summed E-state index contributed by atoms with van der Waals surface area (Å²) in [5.41, 5.74) is 6.23. The number of amides is 1. The largest absolute Gasteiger partial charge is 0.455 e. The van der Waals surface area contributed by atoms with Gasteiger partial charge in [-0.05, 0) is 30.3 Å². The maximum absolute atomic E-state index is 11.9. The van der Waals surface area contributed by atoms with Gasteiger partial charge in [-0.2, -0.15) is 5.26 Å². The maximum atomic E-state index is 11.9. The molecule has 0 saturated heterocycles. The van der Waals surface area contributed by atoms with Crippen LogP contribution in [0.25, 0.3) is 0 Å². The van der Waals surface area contributed by atoms with Crippen LogP contribution in [-0.2, 0) is 6.54 Å². The molecule has 0 spiro atoms. The molecule has 0 aliphatic rings. The van der Waals surface area contributed by atoms with E-state index in [9.17, 15) is 4.79 Å². The normalized spacial score (nSPS) is 9.95. The Bertz CT molecular complexity index is 658. The van der Waals surface area contributed by atoms with Crippen molar-refractivity contribution in [2.75, 3.05) is 5.32 Å². The minimum atomic E-state index is -0.402. The Kier molecular flexibility index (Phi) is 3.85. The molecule has 0 saturated carbocycles. The van der Waals surface area contributed by atoms with Gasteiger partial charge in [-0.3, -0.25) is 4.79 Å². The van der Waals surface area contributed by atoms with Gasteiger partial charge in [0.1, 0.15) is 11.8 Å². The summed E-state index contributed by atoms with van der Waals surface area (Å²) in [6, 6.07) is 9.76. The molecule has 5 nitrogen and oxygen atoms in total. The van der Waals surface area contributed by atoms with Crippen molar-refractivity contribution in [3.8, 4) is 6.07 Å². The molecule has 2 rings (SSSR count). The van der Waals surface area contributed by atoms with E-state index in [1.54, 1.807) is 18.2 Å². The summed E-state index contributed by atoms with van der Waals surface area (Å²) in [7, 11) is 0. The molecule has 3 N–H and O–H groups in total. The molecule has 19 heavy (non-hydrogen) atoms. The highest BCUT2D eigenvalue weighted by Gasteiger charge is 2.11. The Hall–Kier alpha value is -2.29. The summed E-state index contributed by atoms with van der Waals surface area (Å²) >= 11 is 5.87. The number of furan rings is 1. The first-order valence-corrected chi connectivity index (χ1v) is 5.81. The van der Waals surface area contributed by atoms with E-state index in [4.69, 9.17) is 27.0 Å². The third kappa shape index (κ3) is 2.94. The molecule has 6 heteroatoms. The van der Waals surface area contributed by atoms with E-state index in [0.717, 1.165) is 0 Å². The molecule has 0 unspecified atom stereocenters. The zero-order valence-electron chi connectivity index (χ0n) is 9.81. The highest BCUT2D eigenvalue weighted by molar-refractivity contribution is 6.32. The lowest BCUT2D eigenvalue weighted by atomic mass is 10.2. The Morgan fingerprint density at radius 2 is 2.21 bits per heavy atom. The monoisotopic (exact) mass is 275 g/mol. The third-order valence-corrected chi connectivity index (χ3v) is 2.75. The first-order valence-electron chi connectivity index (χ1n) is 5.44. The van der Waals surface area contributed by atoms with Crippen molar-refractivity contribution in [1.29, 1.82) is 5.26 Å². The summed E-state index contributed by atoms with van der Waals surface area (Å²) in [6.07, 6.45) is 0. The number of carbonyl (C=O) groups is 1. The summed E-state index contributed by atoms with van der Waals surface area (Å²) in [4.78, 5) is 11.9. The zero-order chi connectivity index (χ0) is 13.8. The van der Waals surface area contributed by atoms with E-state index in [0.29, 0.717) is 17.0 Å². The predicted octanol–water partition coefficient (Wildman–Crippen LogP) is 2.52. The van der Waals surface area contributed by atoms with Crippen molar-refractivity contribution < 1.29 is 9.21 Å². The van der Waals surface area contributed by atoms with Crippen LogP contribution in [0.15, 0.2) is 34.7 Å². The van der Waals surface area contributed by atoms with E-state index >= 15 is 0 Å². The Labute approximate surface area is 114 Å². The third-order valence-electron chi connectivity index (χ3n) is 2.43. The molecular weight excluding hydrogens is 266 g/mol. The van der Waals surface area contributed by atoms with Gasteiger partial charge in [0.25, 0.3) is 5.91 Å². The van der Waals surface area contributed by atoms with Gasteiger partial charge in [0.2, 0.25) is 0 Å². The Balaban J connectivity index is 2.15. The van der Waals surface area contributed by atoms with Crippen molar-refractivity contribution in [3.63, 3.8) is 0 Å². The molecule has 0 aliphatic heterocycles. The molecule has 1 amide bonds. The first kappa shape index (κ1) is 13.1. The van der Waals surface area contributed by atoms with Crippen LogP contribution < -0.4 is 11.1 Å². The number of halogens is 1. The van der Waals surface area contributed by atoms with E-state index in [1.807, 2.05) is 6.07 Å². The quantitative estimate of drug-likeness (QED) is 0.900. The second-order valence-corrected chi connectivity index (χ2v) is 4.14. The minimum Gasteiger partial charge on any atom is -0.455 e. The van der Waals surface area contributed by atoms with Gasteiger partial charge in [-0.25, -0.2) is 0 Å². The van der Waals surface area contributed by atoms with Gasteiger partial charge < -0.3 is 15.5 Å². The number of nitrogens with one attached hydrogen (secondary N) is 1. The van der Waals surface area contributed by atoms with E-state index in [2.05, 4.69) is 5.32 Å². The first-order chi connectivity index (χ1) is 9.13. The molecule has 1 aromatic heterocycles. The summed E-state index contributed by atoms with van der Waals surface area (Å²) in [5.74, 6) is 0.296. The second-order valence-electron chi connectivity index (χ2n) is 3.73. The number of nitriles is 1. The van der Waals surface area contributed by atoms with Crippen molar-refractivity contribution in [3.05, 3.63) is 52.4 Å². The zero-order valence-corrected chi connectivity index (χ0v) is 10.6. The molecule has 0 aliphatic carbocycles. The molecular formula is C13H10ClN3O2. The van der Waals surface area contributed by atoms with Crippen LogP contribution in [0.1, 0.15) is 21.9 Å². The van der Waals surface area contributed by atoms with Gasteiger partial charge in [0.15, 0.2) is 5.76 Å². The average molecular weight is 276 g/mol. The molecule has 1 aromatic carbocycles. The maximum Gasteiger partial charge on any atom is 0.291 e. The van der Waals surface area contributed by atoms with Gasteiger partial charge in [0, 0.05) is 5.69 Å². The number of benzene rings is 1. The fourth-order valence-electron chi connectivity index (χ4n) is 1.49. The standard InChI is InChI=1S/C13H10ClN3O2/c14-11-5-9(2-1-8(11)6-15)17-13(18)12-4-3-10(7-16)19-12/h1-5H,7,16H2,(H,17,18). The Morgan fingerprint density at radius 1 is 1.42 bits per heavy atom. The molecule has 2 aromatic rings. The number of anilines is 1. The van der Waals surface area contributed by atoms with Crippen LogP contribution in [0.5, 0.6) is 0 Å². The second kappa shape index (κ2) is 5.57. The van der Waals surface area contributed by atoms with Crippen LogP contribution in [0.4, 0.5) is 5.69 Å². The summed E-state index contributed by atoms with van der Waals surface area (Å²) in [5, 5.41) is 11.7. The number of nitrogens with zero attached hydrogens (tertiary/aromatic N) is 1. The number of hydrogen-bond acceptors (Lipinski definition) is 4. The fourth-order valence-corrected chi connectivity index (χ4v) is 1.71. The lowest BCUT2D eigenvalue weighted by molar-refractivity contribution is 0.0995. The molecule has 0 radical (unpaired) electrons. The van der Waals surface area contributed by atoms with Crippen molar-refractivity contribution >= 4 is 23.2 Å². The van der Waals surface area contributed by atoms with Gasteiger partial charge in [0.05, 0.1) is 17.1 Å². The molecule has 96 valence electrons. The fraction of sp³-hybridized carbons (Fsp3) is 0.0769. The summed E-state index contributed by atoms with van der Waals surface area (Å²) < 4.78 is 5.22. The molecule has 1 heterocycles. The van der Waals surface area contributed by atoms with Gasteiger partial charge >= 0.3 is 0 Å². The smallest absolute Gasteiger partial charge is 0.291 e. The lowest BCUT2D eigenvalue weighted by Gasteiger charge is -2.04. The van der Waals surface area contributed by atoms with E-state index in [-0.39, 0.29) is 17.3 Å². The highest BCUT2D eigenvalue weighted by atomic mass is 35.5. The van der Waals surface area contributed by atoms with Crippen LogP contribution in [0.2, 0.25) is 5.02 Å². The number of nitrogens with two attached hydrogens (primary N) is 1. The molecule has 0 fully saturated rings. The van der Waals surface area contributed by atoms with Crippen LogP contribution in [0, 0.1) is 11.3 Å². The SMILES string of the molecule is N#Cc1ccc(NC(=O)c2ccc(CN)o2)cc1Cl. The van der Waals surface area contributed by atoms with Crippen LogP contribution in [0.3, 0.4) is 0 Å².